The Kier molecular flexibility index (Phi) is 2.06. The highest BCUT2D eigenvalue weighted by Gasteiger charge is 2.45. The molecule has 3 rings (SSSR count). The molecule has 3 aliphatic carbocycles. The third-order valence-corrected chi connectivity index (χ3v) is 3.83. The molecule has 1 amide bonds. The van der Waals surface area contributed by atoms with Crippen LogP contribution in [0.15, 0.2) is 0 Å². The first-order valence-electron chi connectivity index (χ1n) is 5.17. The summed E-state index contributed by atoms with van der Waals surface area (Å²) in [6.45, 7) is 0. The highest BCUT2D eigenvalue weighted by atomic mass is 16.1. The summed E-state index contributed by atoms with van der Waals surface area (Å²) >= 11 is 0. The molecule has 0 radical (unpaired) electrons. The number of hydrogen-bond donors (Lipinski definition) is 2. The van der Waals surface area contributed by atoms with Crippen LogP contribution in [0.1, 0.15) is 38.5 Å². The predicted octanol–water partition coefficient (Wildman–Crippen LogP) is 0.769. The fourth-order valence-electron chi connectivity index (χ4n) is 3.19. The van der Waals surface area contributed by atoms with Crippen molar-refractivity contribution < 1.29 is 4.79 Å². The number of hydrogen-bond acceptors (Lipinski definition) is 2. The molecule has 3 fully saturated rings. The van der Waals surface area contributed by atoms with Gasteiger partial charge in [-0.2, -0.15) is 0 Å². The summed E-state index contributed by atoms with van der Waals surface area (Å²) in [6.07, 6.45) is 6.42. The van der Waals surface area contributed by atoms with Crippen LogP contribution in [0.4, 0.5) is 0 Å². The van der Waals surface area contributed by atoms with Gasteiger partial charge >= 0.3 is 0 Å². The van der Waals surface area contributed by atoms with Gasteiger partial charge in [-0.15, -0.1) is 0 Å². The zero-order valence-corrected chi connectivity index (χ0v) is 7.96. The Hall–Kier alpha value is -0.570. The van der Waals surface area contributed by atoms with Gasteiger partial charge in [0, 0.05) is 12.0 Å². The van der Waals surface area contributed by atoms with Gasteiger partial charge in [0.15, 0.2) is 0 Å². The van der Waals surface area contributed by atoms with Crippen molar-refractivity contribution >= 4 is 5.91 Å². The molecule has 3 saturated carbocycles. The van der Waals surface area contributed by atoms with Gasteiger partial charge in [0.25, 0.3) is 0 Å². The monoisotopic (exact) mass is 182 g/mol. The maximum atomic E-state index is 10.9. The van der Waals surface area contributed by atoms with Crippen molar-refractivity contribution in [3.05, 3.63) is 0 Å². The number of primary amides is 1. The second kappa shape index (κ2) is 2.98. The van der Waals surface area contributed by atoms with Gasteiger partial charge in [0.05, 0.1) is 0 Å². The molecule has 3 nitrogen and oxygen atoms in total. The van der Waals surface area contributed by atoms with Gasteiger partial charge < -0.3 is 11.5 Å². The van der Waals surface area contributed by atoms with Gasteiger partial charge in [0.2, 0.25) is 5.91 Å². The molecule has 0 spiro atoms. The number of fused-ring (bicyclic) bond motifs is 3. The average molecular weight is 182 g/mol. The summed E-state index contributed by atoms with van der Waals surface area (Å²) in [5, 5.41) is 0. The van der Waals surface area contributed by atoms with Crippen LogP contribution in [0, 0.1) is 11.8 Å². The maximum Gasteiger partial charge on any atom is 0.219 e. The Labute approximate surface area is 78.9 Å². The molecular weight excluding hydrogens is 164 g/mol. The Morgan fingerprint density at radius 1 is 1.31 bits per heavy atom. The fourth-order valence-corrected chi connectivity index (χ4v) is 3.19. The first kappa shape index (κ1) is 9.00. The number of amides is 1. The minimum atomic E-state index is -0.257. The van der Waals surface area contributed by atoms with E-state index in [1.54, 1.807) is 0 Å². The molecule has 0 aromatic rings. The van der Waals surface area contributed by atoms with Gasteiger partial charge in [-0.3, -0.25) is 4.79 Å². The number of carbonyl (C=O) groups excluding carboxylic acids is 1. The van der Waals surface area contributed by atoms with E-state index in [9.17, 15) is 4.79 Å². The lowest BCUT2D eigenvalue weighted by Gasteiger charge is -2.49. The molecule has 13 heavy (non-hydrogen) atoms. The molecule has 0 aromatic heterocycles. The van der Waals surface area contributed by atoms with E-state index in [1.165, 1.54) is 25.7 Å². The van der Waals surface area contributed by atoms with E-state index in [-0.39, 0.29) is 11.4 Å². The van der Waals surface area contributed by atoms with Crippen molar-refractivity contribution in [1.82, 2.24) is 0 Å². The fraction of sp³-hybridized carbons (Fsp3) is 0.900. The van der Waals surface area contributed by atoms with Crippen LogP contribution in [-0.2, 0) is 4.79 Å². The predicted molar refractivity (Wildman–Crippen MR) is 50.8 cm³/mol. The van der Waals surface area contributed by atoms with Gasteiger partial charge in [-0.1, -0.05) is 12.8 Å². The van der Waals surface area contributed by atoms with Gasteiger partial charge in [0.1, 0.15) is 0 Å². The minimum absolute atomic E-state index is 0.241. The summed E-state index contributed by atoms with van der Waals surface area (Å²) in [5.74, 6) is 1.06. The van der Waals surface area contributed by atoms with Crippen molar-refractivity contribution in [3.63, 3.8) is 0 Å². The van der Waals surface area contributed by atoms with E-state index >= 15 is 0 Å². The number of carbonyl (C=O) groups is 1. The smallest absolute Gasteiger partial charge is 0.219 e. The van der Waals surface area contributed by atoms with Gasteiger partial charge in [-0.05, 0) is 31.1 Å². The van der Waals surface area contributed by atoms with Crippen molar-refractivity contribution in [2.45, 2.75) is 44.1 Å². The Morgan fingerprint density at radius 3 is 2.31 bits per heavy atom. The summed E-state index contributed by atoms with van der Waals surface area (Å²) < 4.78 is 0. The SMILES string of the molecule is NC(=O)CC1(N)CC2CCC1CC2. The maximum absolute atomic E-state index is 10.9. The quantitative estimate of drug-likeness (QED) is 0.662. The lowest BCUT2D eigenvalue weighted by atomic mass is 9.59. The molecule has 74 valence electrons. The molecule has 1 unspecified atom stereocenters. The first-order valence-corrected chi connectivity index (χ1v) is 5.17. The van der Waals surface area contributed by atoms with E-state index in [2.05, 4.69) is 0 Å². The Morgan fingerprint density at radius 2 is 1.92 bits per heavy atom. The van der Waals surface area contributed by atoms with Crippen LogP contribution in [0.25, 0.3) is 0 Å². The molecule has 3 aliphatic rings. The third-order valence-electron chi connectivity index (χ3n) is 3.83. The minimum Gasteiger partial charge on any atom is -0.370 e. The Bertz CT molecular complexity index is 221. The van der Waals surface area contributed by atoms with Gasteiger partial charge in [-0.25, -0.2) is 0 Å². The second-order valence-corrected chi connectivity index (χ2v) is 4.80. The molecule has 2 bridgehead atoms. The van der Waals surface area contributed by atoms with Crippen molar-refractivity contribution in [2.75, 3.05) is 0 Å². The average Bonchev–Trinajstić information content (AvgIpc) is 2.03. The zero-order valence-electron chi connectivity index (χ0n) is 7.96. The van der Waals surface area contributed by atoms with Crippen LogP contribution >= 0.6 is 0 Å². The summed E-state index contributed by atoms with van der Waals surface area (Å²) in [4.78, 5) is 10.9. The highest BCUT2D eigenvalue weighted by molar-refractivity contribution is 5.75. The van der Waals surface area contributed by atoms with Crippen LogP contribution in [0.3, 0.4) is 0 Å². The number of nitrogens with two attached hydrogens (primary N) is 2. The molecule has 0 heterocycles. The summed E-state index contributed by atoms with van der Waals surface area (Å²) in [7, 11) is 0. The largest absolute Gasteiger partial charge is 0.370 e. The van der Waals surface area contributed by atoms with E-state index < -0.39 is 0 Å². The van der Waals surface area contributed by atoms with Crippen molar-refractivity contribution in [3.8, 4) is 0 Å². The molecule has 1 atom stereocenters. The molecule has 3 heteroatoms. The lowest BCUT2D eigenvalue weighted by Crippen LogP contribution is -2.56. The van der Waals surface area contributed by atoms with Crippen molar-refractivity contribution in [2.24, 2.45) is 23.3 Å². The van der Waals surface area contributed by atoms with Crippen LogP contribution in [0.2, 0.25) is 0 Å². The second-order valence-electron chi connectivity index (χ2n) is 4.80. The zero-order chi connectivity index (χ0) is 9.47. The number of rotatable bonds is 2. The highest BCUT2D eigenvalue weighted by Crippen LogP contribution is 2.47. The summed E-state index contributed by atoms with van der Waals surface area (Å²) in [6, 6.07) is 0. The van der Waals surface area contributed by atoms with E-state index in [0.717, 1.165) is 12.3 Å². The topological polar surface area (TPSA) is 69.1 Å². The van der Waals surface area contributed by atoms with Crippen LogP contribution < -0.4 is 11.5 Å². The van der Waals surface area contributed by atoms with E-state index in [1.807, 2.05) is 0 Å². The van der Waals surface area contributed by atoms with Crippen LogP contribution in [0.5, 0.6) is 0 Å². The molecular formula is C10H18N2O. The first-order chi connectivity index (χ1) is 6.10. The Balaban J connectivity index is 2.09. The molecule has 0 saturated heterocycles. The third kappa shape index (κ3) is 1.57. The molecule has 0 aromatic carbocycles. The normalized spacial score (nSPS) is 43.5. The van der Waals surface area contributed by atoms with E-state index in [0.29, 0.717) is 12.3 Å². The summed E-state index contributed by atoms with van der Waals surface area (Å²) in [5.41, 5.74) is 11.2. The molecule has 4 N–H and O–H groups in total. The molecule has 0 aliphatic heterocycles. The standard InChI is InChI=1S/C10H18N2O/c11-9(13)6-10(12)5-7-1-3-8(10)4-2-7/h7-8H,1-6,12H2,(H2,11,13). The van der Waals surface area contributed by atoms with Crippen LogP contribution in [-0.4, -0.2) is 11.4 Å². The lowest BCUT2D eigenvalue weighted by molar-refractivity contribution is -0.120. The van der Waals surface area contributed by atoms with E-state index in [4.69, 9.17) is 11.5 Å². The van der Waals surface area contributed by atoms with Crippen molar-refractivity contribution in [1.29, 1.82) is 0 Å².